The number of unbranched alkanes of at least 4 members (excludes halogenated alkanes) is 20. The first kappa shape index (κ1) is 34.2. The molecule has 0 radical (unpaired) electrons. The molecule has 0 fully saturated rings. The molecule has 2 heteroatoms. The zero-order chi connectivity index (χ0) is 25.7. The Morgan fingerprint density at radius 2 is 1.00 bits per heavy atom. The van der Waals surface area contributed by atoms with E-state index in [9.17, 15) is 4.79 Å². The summed E-state index contributed by atoms with van der Waals surface area (Å²) < 4.78 is 5.41. The van der Waals surface area contributed by atoms with Crippen LogP contribution in [0.3, 0.4) is 0 Å². The van der Waals surface area contributed by atoms with Gasteiger partial charge in [-0.2, -0.15) is 0 Å². The standard InChI is InChI=1S/C33H64O2/c1-4-5-6-7-8-9-14-18-21-24-27-30-33(34)35-31-28-25-22-19-16-13-11-10-12-15-17-20-23-26-29-32(2)3/h7-8,32H,4-6,9-31H2,1-3H3/b8-7-. The third-order valence-corrected chi connectivity index (χ3v) is 7.08. The van der Waals surface area contributed by atoms with Crippen LogP contribution in [0.1, 0.15) is 181 Å². The normalized spacial score (nSPS) is 11.7. The number of rotatable bonds is 28. The minimum absolute atomic E-state index is 0.0133. The Balaban J connectivity index is 3.17. The molecule has 0 bridgehead atoms. The Hall–Kier alpha value is -0.790. The van der Waals surface area contributed by atoms with E-state index in [-0.39, 0.29) is 5.97 Å². The molecule has 0 aromatic carbocycles. The molecule has 0 aliphatic rings. The van der Waals surface area contributed by atoms with Gasteiger partial charge in [0.2, 0.25) is 0 Å². The molecule has 0 spiro atoms. The average molecular weight is 493 g/mol. The monoisotopic (exact) mass is 492 g/mol. The quantitative estimate of drug-likeness (QED) is 0.0616. The molecule has 0 aliphatic heterocycles. The van der Waals surface area contributed by atoms with Crippen molar-refractivity contribution in [3.05, 3.63) is 12.2 Å². The zero-order valence-corrected chi connectivity index (χ0v) is 24.4. The number of carbonyl (C=O) groups excluding carboxylic acids is 1. The Labute approximate surface area is 221 Å². The molecule has 0 N–H and O–H groups in total. The third-order valence-electron chi connectivity index (χ3n) is 7.08. The van der Waals surface area contributed by atoms with Crippen LogP contribution in [-0.4, -0.2) is 12.6 Å². The second-order valence-electron chi connectivity index (χ2n) is 11.3. The summed E-state index contributed by atoms with van der Waals surface area (Å²) in [5, 5.41) is 0. The number of esters is 1. The molecule has 0 aliphatic carbocycles. The zero-order valence-electron chi connectivity index (χ0n) is 24.4. The minimum atomic E-state index is 0.0133. The van der Waals surface area contributed by atoms with Crippen LogP contribution >= 0.6 is 0 Å². The maximum Gasteiger partial charge on any atom is 0.305 e. The lowest BCUT2D eigenvalue weighted by Gasteiger charge is -2.06. The molecular weight excluding hydrogens is 428 g/mol. The highest BCUT2D eigenvalue weighted by atomic mass is 16.5. The molecule has 0 heterocycles. The largest absolute Gasteiger partial charge is 0.466 e. The molecule has 0 aromatic heterocycles. The van der Waals surface area contributed by atoms with E-state index in [1.165, 1.54) is 135 Å². The summed E-state index contributed by atoms with van der Waals surface area (Å²) in [5.41, 5.74) is 0. The van der Waals surface area contributed by atoms with Crippen LogP contribution in [0.5, 0.6) is 0 Å². The first-order valence-electron chi connectivity index (χ1n) is 16.0. The van der Waals surface area contributed by atoms with Crippen LogP contribution in [0.15, 0.2) is 12.2 Å². The lowest BCUT2D eigenvalue weighted by atomic mass is 10.0. The summed E-state index contributed by atoms with van der Waals surface area (Å²) >= 11 is 0. The van der Waals surface area contributed by atoms with Crippen molar-refractivity contribution in [2.45, 2.75) is 181 Å². The van der Waals surface area contributed by atoms with Crippen LogP contribution in [0.25, 0.3) is 0 Å². The van der Waals surface area contributed by atoms with E-state index in [2.05, 4.69) is 32.9 Å². The number of ether oxygens (including phenoxy) is 1. The summed E-state index contributed by atoms with van der Waals surface area (Å²) in [6.45, 7) is 7.53. The number of allylic oxidation sites excluding steroid dienone is 2. The summed E-state index contributed by atoms with van der Waals surface area (Å²) in [4.78, 5) is 11.8. The fourth-order valence-electron chi connectivity index (χ4n) is 4.65. The molecule has 35 heavy (non-hydrogen) atoms. The Morgan fingerprint density at radius 3 is 1.51 bits per heavy atom. The van der Waals surface area contributed by atoms with Crippen molar-refractivity contribution in [3.63, 3.8) is 0 Å². The van der Waals surface area contributed by atoms with Crippen molar-refractivity contribution >= 4 is 5.97 Å². The van der Waals surface area contributed by atoms with Crippen molar-refractivity contribution in [2.24, 2.45) is 5.92 Å². The van der Waals surface area contributed by atoms with Gasteiger partial charge in [0.15, 0.2) is 0 Å². The van der Waals surface area contributed by atoms with Crippen LogP contribution < -0.4 is 0 Å². The molecule has 0 saturated heterocycles. The van der Waals surface area contributed by atoms with Crippen molar-refractivity contribution in [1.82, 2.24) is 0 Å². The van der Waals surface area contributed by atoms with Gasteiger partial charge in [0.25, 0.3) is 0 Å². The fraction of sp³-hybridized carbons (Fsp3) is 0.909. The molecule has 208 valence electrons. The van der Waals surface area contributed by atoms with Crippen molar-refractivity contribution in [1.29, 1.82) is 0 Å². The molecule has 0 rings (SSSR count). The van der Waals surface area contributed by atoms with Gasteiger partial charge in [-0.25, -0.2) is 0 Å². The SMILES string of the molecule is CCCC/C=C\CCCCCCCC(=O)OCCCCCCCCCCCCCCCCC(C)C. The highest BCUT2D eigenvalue weighted by molar-refractivity contribution is 5.69. The van der Waals surface area contributed by atoms with E-state index in [1.54, 1.807) is 0 Å². The summed E-state index contributed by atoms with van der Waals surface area (Å²) in [7, 11) is 0. The second kappa shape index (κ2) is 29.4. The number of hydrogen-bond acceptors (Lipinski definition) is 2. The van der Waals surface area contributed by atoms with Crippen molar-refractivity contribution in [3.8, 4) is 0 Å². The van der Waals surface area contributed by atoms with E-state index < -0.39 is 0 Å². The lowest BCUT2D eigenvalue weighted by molar-refractivity contribution is -0.143. The lowest BCUT2D eigenvalue weighted by Crippen LogP contribution is -2.05. The van der Waals surface area contributed by atoms with Gasteiger partial charge in [0.1, 0.15) is 0 Å². The summed E-state index contributed by atoms with van der Waals surface area (Å²) in [6, 6.07) is 0. The van der Waals surface area contributed by atoms with Gasteiger partial charge in [-0.1, -0.05) is 155 Å². The van der Waals surface area contributed by atoms with E-state index in [0.29, 0.717) is 13.0 Å². The second-order valence-corrected chi connectivity index (χ2v) is 11.3. The van der Waals surface area contributed by atoms with E-state index in [1.807, 2.05) is 0 Å². The van der Waals surface area contributed by atoms with E-state index in [4.69, 9.17) is 4.74 Å². The Morgan fingerprint density at radius 1 is 0.571 bits per heavy atom. The highest BCUT2D eigenvalue weighted by Crippen LogP contribution is 2.15. The maximum atomic E-state index is 11.8. The maximum absolute atomic E-state index is 11.8. The van der Waals surface area contributed by atoms with E-state index >= 15 is 0 Å². The molecule has 0 amide bonds. The highest BCUT2D eigenvalue weighted by Gasteiger charge is 2.02. The van der Waals surface area contributed by atoms with Gasteiger partial charge in [0, 0.05) is 6.42 Å². The predicted molar refractivity (Wildman–Crippen MR) is 156 cm³/mol. The number of hydrogen-bond donors (Lipinski definition) is 0. The molecule has 0 saturated carbocycles. The van der Waals surface area contributed by atoms with Crippen molar-refractivity contribution < 1.29 is 9.53 Å². The van der Waals surface area contributed by atoms with Crippen LogP contribution in [0, 0.1) is 5.92 Å². The van der Waals surface area contributed by atoms with Crippen LogP contribution in [-0.2, 0) is 9.53 Å². The summed E-state index contributed by atoms with van der Waals surface area (Å²) in [5.74, 6) is 0.888. The summed E-state index contributed by atoms with van der Waals surface area (Å²) in [6.07, 6.45) is 36.8. The average Bonchev–Trinajstić information content (AvgIpc) is 2.84. The first-order chi connectivity index (χ1) is 17.2. The topological polar surface area (TPSA) is 26.3 Å². The Kier molecular flexibility index (Phi) is 28.8. The van der Waals surface area contributed by atoms with Gasteiger partial charge < -0.3 is 4.74 Å². The predicted octanol–water partition coefficient (Wildman–Crippen LogP) is 11.5. The fourth-order valence-corrected chi connectivity index (χ4v) is 4.65. The minimum Gasteiger partial charge on any atom is -0.466 e. The molecular formula is C33H64O2. The van der Waals surface area contributed by atoms with Gasteiger partial charge in [-0.05, 0) is 38.0 Å². The van der Waals surface area contributed by atoms with Crippen molar-refractivity contribution in [2.75, 3.05) is 6.61 Å². The number of carbonyl (C=O) groups is 1. The van der Waals surface area contributed by atoms with Gasteiger partial charge in [0.05, 0.1) is 6.61 Å². The van der Waals surface area contributed by atoms with E-state index in [0.717, 1.165) is 25.2 Å². The molecule has 2 nitrogen and oxygen atoms in total. The third kappa shape index (κ3) is 31.2. The molecule has 0 aromatic rings. The van der Waals surface area contributed by atoms with Gasteiger partial charge in [-0.15, -0.1) is 0 Å². The van der Waals surface area contributed by atoms with Crippen LogP contribution in [0.4, 0.5) is 0 Å². The smallest absolute Gasteiger partial charge is 0.305 e. The molecule has 0 atom stereocenters. The van der Waals surface area contributed by atoms with Gasteiger partial charge >= 0.3 is 5.97 Å². The van der Waals surface area contributed by atoms with Crippen LogP contribution in [0.2, 0.25) is 0 Å². The first-order valence-corrected chi connectivity index (χ1v) is 16.0. The molecule has 0 unspecified atom stereocenters. The Bertz CT molecular complexity index is 440. The van der Waals surface area contributed by atoms with Gasteiger partial charge in [-0.3, -0.25) is 4.79 Å².